The Kier molecular flexibility index (Phi) is 4.16. The molecule has 0 aliphatic heterocycles. The van der Waals surface area contributed by atoms with Crippen molar-refractivity contribution in [2.24, 2.45) is 7.05 Å². The van der Waals surface area contributed by atoms with Crippen LogP contribution in [-0.4, -0.2) is 30.9 Å². The van der Waals surface area contributed by atoms with E-state index in [-0.39, 0.29) is 11.9 Å². The van der Waals surface area contributed by atoms with E-state index in [2.05, 4.69) is 25.7 Å². The zero-order valence-corrected chi connectivity index (χ0v) is 12.3. The Balaban J connectivity index is 1.87. The van der Waals surface area contributed by atoms with Crippen molar-refractivity contribution in [3.05, 3.63) is 29.1 Å². The number of aromatic amines is 1. The molecule has 108 valence electrons. The minimum atomic E-state index is -0.156. The van der Waals surface area contributed by atoms with Crippen molar-refractivity contribution in [3.8, 4) is 0 Å². The van der Waals surface area contributed by atoms with E-state index in [1.165, 1.54) is 0 Å². The molecule has 0 saturated carbocycles. The molecule has 0 saturated heterocycles. The molecule has 0 fully saturated rings. The standard InChI is InChI=1S/C13H20N6O/c1-8-9(2)16-17-11(8)5-6-12(20)15-10(3)13-18-14-7-19(13)4/h7,10H,5-6H2,1-4H3,(H,15,20)(H,16,17). The number of hydrogen-bond acceptors (Lipinski definition) is 4. The van der Waals surface area contributed by atoms with Crippen molar-refractivity contribution in [2.75, 3.05) is 0 Å². The van der Waals surface area contributed by atoms with Gasteiger partial charge in [0.2, 0.25) is 5.91 Å². The quantitative estimate of drug-likeness (QED) is 0.851. The number of nitrogens with one attached hydrogen (secondary N) is 2. The fourth-order valence-corrected chi connectivity index (χ4v) is 2.07. The summed E-state index contributed by atoms with van der Waals surface area (Å²) in [4.78, 5) is 11.9. The zero-order valence-electron chi connectivity index (χ0n) is 12.3. The van der Waals surface area contributed by atoms with Crippen LogP contribution in [0.4, 0.5) is 0 Å². The first-order valence-corrected chi connectivity index (χ1v) is 6.62. The summed E-state index contributed by atoms with van der Waals surface area (Å²) in [5, 5.41) is 17.8. The number of hydrogen-bond donors (Lipinski definition) is 2. The molecule has 0 aromatic carbocycles. The molecule has 1 amide bonds. The molecule has 0 bridgehead atoms. The highest BCUT2D eigenvalue weighted by Crippen LogP contribution is 2.11. The number of rotatable bonds is 5. The summed E-state index contributed by atoms with van der Waals surface area (Å²) in [6.45, 7) is 5.88. The fourth-order valence-electron chi connectivity index (χ4n) is 2.07. The van der Waals surface area contributed by atoms with Crippen LogP contribution in [0, 0.1) is 13.8 Å². The first kappa shape index (κ1) is 14.2. The largest absolute Gasteiger partial charge is 0.346 e. The van der Waals surface area contributed by atoms with Crippen LogP contribution >= 0.6 is 0 Å². The second-order valence-corrected chi connectivity index (χ2v) is 5.01. The summed E-state index contributed by atoms with van der Waals surface area (Å²) >= 11 is 0. The smallest absolute Gasteiger partial charge is 0.220 e. The summed E-state index contributed by atoms with van der Waals surface area (Å²) in [7, 11) is 1.86. The Morgan fingerprint density at radius 1 is 1.50 bits per heavy atom. The average Bonchev–Trinajstić information content (AvgIpc) is 2.96. The Morgan fingerprint density at radius 3 is 2.80 bits per heavy atom. The Hall–Kier alpha value is -2.18. The van der Waals surface area contributed by atoms with Gasteiger partial charge in [0.15, 0.2) is 5.82 Å². The molecule has 20 heavy (non-hydrogen) atoms. The lowest BCUT2D eigenvalue weighted by Gasteiger charge is -2.12. The highest BCUT2D eigenvalue weighted by Gasteiger charge is 2.15. The third-order valence-corrected chi connectivity index (χ3v) is 3.45. The second kappa shape index (κ2) is 5.85. The SMILES string of the molecule is Cc1[nH]nc(CCC(=O)NC(C)c2nncn2C)c1C. The van der Waals surface area contributed by atoms with Gasteiger partial charge in [-0.05, 0) is 26.3 Å². The fraction of sp³-hybridized carbons (Fsp3) is 0.538. The van der Waals surface area contributed by atoms with E-state index in [4.69, 9.17) is 0 Å². The second-order valence-electron chi connectivity index (χ2n) is 5.01. The van der Waals surface area contributed by atoms with Gasteiger partial charge in [0.25, 0.3) is 0 Å². The van der Waals surface area contributed by atoms with Gasteiger partial charge in [-0.15, -0.1) is 10.2 Å². The highest BCUT2D eigenvalue weighted by atomic mass is 16.1. The Bertz CT molecular complexity index is 600. The average molecular weight is 276 g/mol. The highest BCUT2D eigenvalue weighted by molar-refractivity contribution is 5.76. The first-order chi connectivity index (χ1) is 9.49. The molecule has 2 aromatic rings. The van der Waals surface area contributed by atoms with E-state index >= 15 is 0 Å². The molecular formula is C13H20N6O. The van der Waals surface area contributed by atoms with Crippen molar-refractivity contribution in [3.63, 3.8) is 0 Å². The van der Waals surface area contributed by atoms with E-state index < -0.39 is 0 Å². The van der Waals surface area contributed by atoms with E-state index in [1.54, 1.807) is 10.9 Å². The van der Waals surface area contributed by atoms with E-state index in [0.29, 0.717) is 12.8 Å². The van der Waals surface area contributed by atoms with Gasteiger partial charge in [-0.2, -0.15) is 5.10 Å². The van der Waals surface area contributed by atoms with Crippen molar-refractivity contribution in [1.82, 2.24) is 30.3 Å². The van der Waals surface area contributed by atoms with Crippen LogP contribution in [0.3, 0.4) is 0 Å². The number of nitrogens with zero attached hydrogens (tertiary/aromatic N) is 4. The Labute approximate surface area is 117 Å². The maximum absolute atomic E-state index is 11.9. The van der Waals surface area contributed by atoms with Gasteiger partial charge >= 0.3 is 0 Å². The van der Waals surface area contributed by atoms with Crippen molar-refractivity contribution in [2.45, 2.75) is 39.7 Å². The summed E-state index contributed by atoms with van der Waals surface area (Å²) in [5.41, 5.74) is 3.12. The number of carbonyl (C=O) groups excluding carboxylic acids is 1. The van der Waals surface area contributed by atoms with Gasteiger partial charge in [0.05, 0.1) is 11.7 Å². The first-order valence-electron chi connectivity index (χ1n) is 6.62. The molecule has 2 aromatic heterocycles. The number of carbonyl (C=O) groups is 1. The molecule has 0 aliphatic rings. The molecule has 1 unspecified atom stereocenters. The maximum atomic E-state index is 11.9. The van der Waals surface area contributed by atoms with Gasteiger partial charge in [0.1, 0.15) is 6.33 Å². The van der Waals surface area contributed by atoms with Crippen molar-refractivity contribution < 1.29 is 4.79 Å². The van der Waals surface area contributed by atoms with Crippen molar-refractivity contribution in [1.29, 1.82) is 0 Å². The number of aryl methyl sites for hydroxylation is 3. The van der Waals surface area contributed by atoms with E-state index in [1.807, 2.05) is 27.8 Å². The molecule has 2 N–H and O–H groups in total. The van der Waals surface area contributed by atoms with Gasteiger partial charge < -0.3 is 9.88 Å². The molecule has 7 nitrogen and oxygen atoms in total. The van der Waals surface area contributed by atoms with Gasteiger partial charge in [-0.25, -0.2) is 0 Å². The lowest BCUT2D eigenvalue weighted by atomic mass is 10.1. The summed E-state index contributed by atoms with van der Waals surface area (Å²) in [6.07, 6.45) is 2.66. The molecule has 2 heterocycles. The van der Waals surface area contributed by atoms with E-state index in [9.17, 15) is 4.79 Å². The van der Waals surface area contributed by atoms with Crippen LogP contribution in [0.1, 0.15) is 42.2 Å². The van der Waals surface area contributed by atoms with Crippen molar-refractivity contribution >= 4 is 5.91 Å². The third-order valence-electron chi connectivity index (χ3n) is 3.45. The predicted molar refractivity (Wildman–Crippen MR) is 73.9 cm³/mol. The molecular weight excluding hydrogens is 256 g/mol. The minimum absolute atomic E-state index is 0.0134. The zero-order chi connectivity index (χ0) is 14.7. The van der Waals surface area contributed by atoms with Gasteiger partial charge in [-0.3, -0.25) is 9.89 Å². The van der Waals surface area contributed by atoms with Gasteiger partial charge in [-0.1, -0.05) is 0 Å². The van der Waals surface area contributed by atoms with Crippen LogP contribution in [0.2, 0.25) is 0 Å². The minimum Gasteiger partial charge on any atom is -0.346 e. The Morgan fingerprint density at radius 2 is 2.25 bits per heavy atom. The van der Waals surface area contributed by atoms with Crippen LogP contribution in [0.25, 0.3) is 0 Å². The van der Waals surface area contributed by atoms with Crippen LogP contribution < -0.4 is 5.32 Å². The normalized spacial score (nSPS) is 12.4. The number of aromatic nitrogens is 5. The van der Waals surface area contributed by atoms with Gasteiger partial charge in [0, 0.05) is 25.6 Å². The molecule has 7 heteroatoms. The van der Waals surface area contributed by atoms with E-state index in [0.717, 1.165) is 22.8 Å². The molecule has 0 spiro atoms. The number of H-pyrrole nitrogens is 1. The van der Waals surface area contributed by atoms with Crippen LogP contribution in [0.5, 0.6) is 0 Å². The lowest BCUT2D eigenvalue weighted by molar-refractivity contribution is -0.121. The summed E-state index contributed by atoms with van der Waals surface area (Å²) in [6, 6.07) is -0.156. The predicted octanol–water partition coefficient (Wildman–Crippen LogP) is 0.965. The molecule has 0 aliphatic carbocycles. The monoisotopic (exact) mass is 276 g/mol. The third kappa shape index (κ3) is 3.04. The number of amides is 1. The maximum Gasteiger partial charge on any atom is 0.220 e. The molecule has 1 atom stereocenters. The molecule has 2 rings (SSSR count). The lowest BCUT2D eigenvalue weighted by Crippen LogP contribution is -2.28. The topological polar surface area (TPSA) is 88.5 Å². The van der Waals surface area contributed by atoms with Crippen LogP contribution in [-0.2, 0) is 18.3 Å². The molecule has 0 radical (unpaired) electrons. The summed E-state index contributed by atoms with van der Waals surface area (Å²) in [5.74, 6) is 0.727. The van der Waals surface area contributed by atoms with Crippen LogP contribution in [0.15, 0.2) is 6.33 Å². The summed E-state index contributed by atoms with van der Waals surface area (Å²) < 4.78 is 1.80.